The van der Waals surface area contributed by atoms with E-state index in [1.54, 1.807) is 6.33 Å². The molecule has 1 aliphatic carbocycles. The molecule has 2 N–H and O–H groups in total. The number of aromatic nitrogens is 6. The lowest BCUT2D eigenvalue weighted by molar-refractivity contribution is -0.132. The minimum atomic E-state index is 0.0719. The summed E-state index contributed by atoms with van der Waals surface area (Å²) in [5.41, 5.74) is 7.46. The van der Waals surface area contributed by atoms with Gasteiger partial charge in [0.15, 0.2) is 0 Å². The van der Waals surface area contributed by atoms with E-state index in [2.05, 4.69) is 73.2 Å². The predicted octanol–water partition coefficient (Wildman–Crippen LogP) is 3.38. The van der Waals surface area contributed by atoms with Crippen LogP contribution in [0, 0.1) is 0 Å². The molecule has 2 aliphatic rings. The average Bonchev–Trinajstić information content (AvgIpc) is 3.66. The van der Waals surface area contributed by atoms with Crippen molar-refractivity contribution in [3.63, 3.8) is 0 Å². The molecular formula is C28H26N8O. The summed E-state index contributed by atoms with van der Waals surface area (Å²) in [7, 11) is 0. The Bertz CT molecular complexity index is 1590. The van der Waals surface area contributed by atoms with Gasteiger partial charge >= 0.3 is 0 Å². The summed E-state index contributed by atoms with van der Waals surface area (Å²) >= 11 is 0. The molecule has 0 spiro atoms. The van der Waals surface area contributed by atoms with Gasteiger partial charge in [-0.05, 0) is 41.5 Å². The second-order valence-electron chi connectivity index (χ2n) is 9.81. The van der Waals surface area contributed by atoms with Crippen LogP contribution in [0.4, 0.5) is 5.82 Å². The largest absolute Gasteiger partial charge is 0.367 e. The molecule has 0 unspecified atom stereocenters. The first-order chi connectivity index (χ1) is 18.2. The summed E-state index contributed by atoms with van der Waals surface area (Å²) in [5, 5.41) is 15.7. The van der Waals surface area contributed by atoms with Crippen LogP contribution in [-0.2, 0) is 37.1 Å². The van der Waals surface area contributed by atoms with Crippen molar-refractivity contribution in [2.24, 2.45) is 0 Å². The molecule has 0 atom stereocenters. The number of nitrogens with one attached hydrogen (secondary N) is 2. The maximum atomic E-state index is 13.1. The second kappa shape index (κ2) is 8.85. The Hall–Kier alpha value is -4.53. The standard InChI is InChI=1S/C28H26N8O/c37-28(36-10-8-23-25(15-36)33-34-32-23)16-35-9-7-18-5-6-21(13-26(18)35)24-14-27(30-17-29-24)31-22-11-19-3-1-2-4-20(19)12-22/h1-7,9,13-14,17,22H,8,10-12,15-16H2,(H,29,30,31)(H,32,33,34). The fourth-order valence-electron chi connectivity index (χ4n) is 5.51. The maximum absolute atomic E-state index is 13.1. The molecule has 1 amide bonds. The number of amides is 1. The number of anilines is 1. The molecule has 1 aliphatic heterocycles. The molecule has 9 heteroatoms. The number of H-pyrrole nitrogens is 1. The van der Waals surface area contributed by atoms with Crippen LogP contribution in [0.2, 0.25) is 0 Å². The molecule has 9 nitrogen and oxygen atoms in total. The Morgan fingerprint density at radius 1 is 1.00 bits per heavy atom. The zero-order valence-corrected chi connectivity index (χ0v) is 20.3. The number of hydrogen-bond donors (Lipinski definition) is 2. The lowest BCUT2D eigenvalue weighted by Crippen LogP contribution is -2.38. The van der Waals surface area contributed by atoms with Gasteiger partial charge in [0.1, 0.15) is 24.4 Å². The van der Waals surface area contributed by atoms with Gasteiger partial charge in [0.05, 0.1) is 17.9 Å². The van der Waals surface area contributed by atoms with Crippen LogP contribution in [0.3, 0.4) is 0 Å². The maximum Gasteiger partial charge on any atom is 0.242 e. The van der Waals surface area contributed by atoms with Crippen LogP contribution in [0.15, 0.2) is 67.1 Å². The molecule has 4 heterocycles. The van der Waals surface area contributed by atoms with Crippen molar-refractivity contribution in [3.8, 4) is 11.3 Å². The minimum Gasteiger partial charge on any atom is -0.367 e. The van der Waals surface area contributed by atoms with E-state index in [-0.39, 0.29) is 12.5 Å². The van der Waals surface area contributed by atoms with E-state index in [1.807, 2.05) is 27.8 Å². The molecule has 0 saturated heterocycles. The van der Waals surface area contributed by atoms with Crippen molar-refractivity contribution in [1.82, 2.24) is 34.8 Å². The minimum absolute atomic E-state index is 0.0719. The van der Waals surface area contributed by atoms with Crippen LogP contribution >= 0.6 is 0 Å². The van der Waals surface area contributed by atoms with Crippen molar-refractivity contribution < 1.29 is 4.79 Å². The van der Waals surface area contributed by atoms with Crippen LogP contribution < -0.4 is 5.32 Å². The number of benzene rings is 2. The highest BCUT2D eigenvalue weighted by Crippen LogP contribution is 2.27. The molecular weight excluding hydrogens is 464 g/mol. The summed E-state index contributed by atoms with van der Waals surface area (Å²) in [6.45, 7) is 1.43. The summed E-state index contributed by atoms with van der Waals surface area (Å²) in [4.78, 5) is 24.0. The zero-order valence-electron chi connectivity index (χ0n) is 20.3. The number of carbonyl (C=O) groups is 1. The number of carbonyl (C=O) groups excluding carboxylic acids is 1. The van der Waals surface area contributed by atoms with Gasteiger partial charge in [-0.3, -0.25) is 4.79 Å². The Kier molecular flexibility index (Phi) is 5.20. The smallest absolute Gasteiger partial charge is 0.242 e. The zero-order chi connectivity index (χ0) is 24.8. The van der Waals surface area contributed by atoms with Gasteiger partial charge in [0.25, 0.3) is 0 Å². The summed E-state index contributed by atoms with van der Waals surface area (Å²) in [5.74, 6) is 0.897. The SMILES string of the molecule is O=C(Cn1ccc2ccc(-c3cc(NC4Cc5ccccc5C4)ncn3)cc21)N1CCc2n[nH]nc2C1. The lowest BCUT2D eigenvalue weighted by Gasteiger charge is -2.25. The first kappa shape index (κ1) is 21.7. The van der Waals surface area contributed by atoms with E-state index in [1.165, 1.54) is 11.1 Å². The van der Waals surface area contributed by atoms with E-state index < -0.39 is 0 Å². The van der Waals surface area contributed by atoms with Crippen LogP contribution in [0.5, 0.6) is 0 Å². The quantitative estimate of drug-likeness (QED) is 0.391. The highest BCUT2D eigenvalue weighted by molar-refractivity contribution is 5.87. The van der Waals surface area contributed by atoms with E-state index in [4.69, 9.17) is 0 Å². The van der Waals surface area contributed by atoms with Gasteiger partial charge in [-0.1, -0.05) is 36.4 Å². The summed E-state index contributed by atoms with van der Waals surface area (Å²) < 4.78 is 2.01. The molecule has 0 radical (unpaired) electrons. The lowest BCUT2D eigenvalue weighted by atomic mass is 10.1. The molecule has 184 valence electrons. The van der Waals surface area contributed by atoms with Gasteiger partial charge in [0, 0.05) is 42.4 Å². The number of nitrogens with zero attached hydrogens (tertiary/aromatic N) is 6. The highest BCUT2D eigenvalue weighted by Gasteiger charge is 2.24. The van der Waals surface area contributed by atoms with Crippen molar-refractivity contribution in [2.75, 3.05) is 11.9 Å². The molecule has 37 heavy (non-hydrogen) atoms. The third kappa shape index (κ3) is 4.12. The van der Waals surface area contributed by atoms with Crippen molar-refractivity contribution in [3.05, 3.63) is 89.6 Å². The molecule has 5 aromatic rings. The van der Waals surface area contributed by atoms with Gasteiger partial charge in [-0.15, -0.1) is 0 Å². The molecule has 3 aromatic heterocycles. The molecule has 0 fully saturated rings. The topological polar surface area (TPSA) is 105 Å². The molecule has 0 saturated carbocycles. The Balaban J connectivity index is 1.09. The van der Waals surface area contributed by atoms with Gasteiger partial charge in [0.2, 0.25) is 5.91 Å². The monoisotopic (exact) mass is 490 g/mol. The second-order valence-corrected chi connectivity index (χ2v) is 9.81. The Morgan fingerprint density at radius 2 is 1.84 bits per heavy atom. The fraction of sp³-hybridized carbons (Fsp3) is 0.250. The van der Waals surface area contributed by atoms with Crippen molar-refractivity contribution >= 4 is 22.6 Å². The van der Waals surface area contributed by atoms with Crippen LogP contribution in [0.1, 0.15) is 22.5 Å². The van der Waals surface area contributed by atoms with E-state index >= 15 is 0 Å². The molecule has 7 rings (SSSR count). The first-order valence-electron chi connectivity index (χ1n) is 12.6. The van der Waals surface area contributed by atoms with E-state index in [0.29, 0.717) is 19.1 Å². The van der Waals surface area contributed by atoms with Gasteiger partial charge in [-0.25, -0.2) is 9.97 Å². The molecule has 2 aromatic carbocycles. The normalized spacial score (nSPS) is 15.1. The summed E-state index contributed by atoms with van der Waals surface area (Å²) in [6, 6.07) is 19.2. The number of rotatable bonds is 5. The van der Waals surface area contributed by atoms with Crippen molar-refractivity contribution in [1.29, 1.82) is 0 Å². The van der Waals surface area contributed by atoms with Gasteiger partial charge < -0.3 is 14.8 Å². The van der Waals surface area contributed by atoms with Crippen molar-refractivity contribution in [2.45, 2.75) is 38.4 Å². The number of hydrogen-bond acceptors (Lipinski definition) is 6. The third-order valence-corrected chi connectivity index (χ3v) is 7.46. The third-order valence-electron chi connectivity index (χ3n) is 7.46. The van der Waals surface area contributed by atoms with Gasteiger partial charge in [-0.2, -0.15) is 15.4 Å². The predicted molar refractivity (Wildman–Crippen MR) is 140 cm³/mol. The van der Waals surface area contributed by atoms with E-state index in [9.17, 15) is 4.79 Å². The number of fused-ring (bicyclic) bond motifs is 3. The summed E-state index contributed by atoms with van der Waals surface area (Å²) in [6.07, 6.45) is 6.31. The molecule has 0 bridgehead atoms. The Morgan fingerprint density at radius 3 is 2.70 bits per heavy atom. The average molecular weight is 491 g/mol. The fourth-order valence-corrected chi connectivity index (χ4v) is 5.51. The van der Waals surface area contributed by atoms with Crippen LogP contribution in [-0.4, -0.2) is 53.3 Å². The van der Waals surface area contributed by atoms with E-state index in [0.717, 1.165) is 58.6 Å². The first-order valence-corrected chi connectivity index (χ1v) is 12.6. The number of aromatic amines is 1. The Labute approximate surface area is 213 Å². The highest BCUT2D eigenvalue weighted by atomic mass is 16.2. The van der Waals surface area contributed by atoms with Crippen LogP contribution in [0.25, 0.3) is 22.2 Å².